The first-order valence-electron chi connectivity index (χ1n) is 5.28. The Balaban J connectivity index is 2.74. The highest BCUT2D eigenvalue weighted by atomic mass is 35.5. The number of thiocarbonyl (C=S) groups is 1. The van der Waals surface area contributed by atoms with Crippen molar-refractivity contribution in [2.75, 3.05) is 31.7 Å². The van der Waals surface area contributed by atoms with Crippen LogP contribution in [0.2, 0.25) is 5.02 Å². The highest BCUT2D eigenvalue weighted by Crippen LogP contribution is 2.22. The lowest BCUT2D eigenvalue weighted by Crippen LogP contribution is -2.31. The molecule has 0 aliphatic heterocycles. The van der Waals surface area contributed by atoms with Gasteiger partial charge in [-0.05, 0) is 12.1 Å². The summed E-state index contributed by atoms with van der Waals surface area (Å²) in [6.45, 7) is 2.00. The van der Waals surface area contributed by atoms with Crippen molar-refractivity contribution in [1.29, 1.82) is 0 Å². The van der Waals surface area contributed by atoms with Crippen molar-refractivity contribution >= 4 is 34.6 Å². The van der Waals surface area contributed by atoms with Crippen LogP contribution < -0.4 is 10.6 Å². The standard InChI is InChI=1S/C11H16ClN3OS/c1-16-8-7-15(6-4-10(13)17)11-9(12)3-2-5-14-11/h2-3,5H,4,6-8H2,1H3,(H2,13,17). The number of anilines is 1. The quantitative estimate of drug-likeness (QED) is 0.769. The number of nitrogens with zero attached hydrogens (tertiary/aromatic N) is 2. The van der Waals surface area contributed by atoms with Gasteiger partial charge in [0.15, 0.2) is 0 Å². The average Bonchev–Trinajstić information content (AvgIpc) is 2.30. The van der Waals surface area contributed by atoms with Crippen molar-refractivity contribution in [2.45, 2.75) is 6.42 Å². The molecule has 1 aromatic heterocycles. The Hall–Kier alpha value is -0.910. The second-order valence-corrected chi connectivity index (χ2v) is 4.44. The summed E-state index contributed by atoms with van der Waals surface area (Å²) in [5, 5.41) is 0.617. The fraction of sp³-hybridized carbons (Fsp3) is 0.455. The van der Waals surface area contributed by atoms with Crippen molar-refractivity contribution in [3.8, 4) is 0 Å². The van der Waals surface area contributed by atoms with E-state index < -0.39 is 0 Å². The van der Waals surface area contributed by atoms with Gasteiger partial charge in [-0.15, -0.1) is 0 Å². The molecular weight excluding hydrogens is 258 g/mol. The maximum absolute atomic E-state index is 6.10. The van der Waals surface area contributed by atoms with Gasteiger partial charge in [-0.2, -0.15) is 0 Å². The smallest absolute Gasteiger partial charge is 0.147 e. The Kier molecular flexibility index (Phi) is 6.18. The predicted molar refractivity (Wildman–Crippen MR) is 74.7 cm³/mol. The zero-order chi connectivity index (χ0) is 12.7. The number of hydrogen-bond donors (Lipinski definition) is 1. The van der Waals surface area contributed by atoms with E-state index >= 15 is 0 Å². The molecule has 0 saturated heterocycles. The van der Waals surface area contributed by atoms with Crippen LogP contribution in [0.1, 0.15) is 6.42 Å². The third kappa shape index (κ3) is 4.85. The largest absolute Gasteiger partial charge is 0.393 e. The molecule has 0 amide bonds. The molecule has 0 spiro atoms. The van der Waals surface area contributed by atoms with Crippen molar-refractivity contribution in [1.82, 2.24) is 4.98 Å². The second kappa shape index (κ2) is 7.42. The fourth-order valence-electron chi connectivity index (χ4n) is 1.38. The molecule has 0 aliphatic carbocycles. The van der Waals surface area contributed by atoms with Crippen molar-refractivity contribution in [3.63, 3.8) is 0 Å². The van der Waals surface area contributed by atoms with Gasteiger partial charge in [0.2, 0.25) is 0 Å². The minimum Gasteiger partial charge on any atom is -0.393 e. The number of aromatic nitrogens is 1. The molecule has 1 aromatic rings. The van der Waals surface area contributed by atoms with Gasteiger partial charge in [0.25, 0.3) is 0 Å². The molecule has 0 aliphatic rings. The number of hydrogen-bond acceptors (Lipinski definition) is 4. The lowest BCUT2D eigenvalue weighted by atomic mass is 10.3. The summed E-state index contributed by atoms with van der Waals surface area (Å²) in [5.74, 6) is 0.738. The summed E-state index contributed by atoms with van der Waals surface area (Å²) in [5.41, 5.74) is 5.51. The maximum Gasteiger partial charge on any atom is 0.147 e. The third-order valence-electron chi connectivity index (χ3n) is 2.23. The predicted octanol–water partition coefficient (Wildman–Crippen LogP) is 1.86. The minimum atomic E-state index is 0.486. The first kappa shape index (κ1) is 14.2. The summed E-state index contributed by atoms with van der Waals surface area (Å²) in [7, 11) is 1.66. The number of halogens is 1. The van der Waals surface area contributed by atoms with Crippen LogP contribution >= 0.6 is 23.8 Å². The van der Waals surface area contributed by atoms with Gasteiger partial charge in [-0.25, -0.2) is 4.98 Å². The van der Waals surface area contributed by atoms with E-state index in [9.17, 15) is 0 Å². The Bertz CT molecular complexity index is 375. The van der Waals surface area contributed by atoms with Crippen LogP contribution in [0.3, 0.4) is 0 Å². The molecule has 0 saturated carbocycles. The van der Waals surface area contributed by atoms with Crippen molar-refractivity contribution in [3.05, 3.63) is 23.4 Å². The summed E-state index contributed by atoms with van der Waals surface area (Å²) in [4.78, 5) is 6.77. The molecule has 0 fully saturated rings. The molecule has 0 radical (unpaired) electrons. The number of rotatable bonds is 7. The molecular formula is C11H16ClN3OS. The molecule has 94 valence electrons. The van der Waals surface area contributed by atoms with E-state index in [-0.39, 0.29) is 0 Å². The zero-order valence-corrected chi connectivity index (χ0v) is 11.3. The van der Waals surface area contributed by atoms with Crippen LogP contribution in [-0.2, 0) is 4.74 Å². The molecule has 0 unspecified atom stereocenters. The number of methoxy groups -OCH3 is 1. The van der Waals surface area contributed by atoms with Gasteiger partial charge in [-0.3, -0.25) is 0 Å². The second-order valence-electron chi connectivity index (χ2n) is 3.50. The van der Waals surface area contributed by atoms with Crippen molar-refractivity contribution in [2.24, 2.45) is 5.73 Å². The lowest BCUT2D eigenvalue weighted by molar-refractivity contribution is 0.205. The van der Waals surface area contributed by atoms with E-state index in [1.54, 1.807) is 19.4 Å². The summed E-state index contributed by atoms with van der Waals surface area (Å²) >= 11 is 11.0. The topological polar surface area (TPSA) is 51.4 Å². The van der Waals surface area contributed by atoms with Crippen LogP contribution in [0.4, 0.5) is 5.82 Å². The minimum absolute atomic E-state index is 0.486. The summed E-state index contributed by atoms with van der Waals surface area (Å²) < 4.78 is 5.06. The molecule has 6 heteroatoms. The maximum atomic E-state index is 6.10. The Labute approximate surface area is 112 Å². The molecule has 0 bridgehead atoms. The molecule has 0 atom stereocenters. The average molecular weight is 274 g/mol. The van der Waals surface area contributed by atoms with Crippen LogP contribution in [0, 0.1) is 0 Å². The SMILES string of the molecule is COCCN(CCC(N)=S)c1ncccc1Cl. The highest BCUT2D eigenvalue weighted by Gasteiger charge is 2.11. The van der Waals surface area contributed by atoms with E-state index in [1.165, 1.54) is 0 Å². The van der Waals surface area contributed by atoms with E-state index in [0.717, 1.165) is 5.82 Å². The van der Waals surface area contributed by atoms with Gasteiger partial charge < -0.3 is 15.4 Å². The molecule has 0 aromatic carbocycles. The lowest BCUT2D eigenvalue weighted by Gasteiger charge is -2.23. The van der Waals surface area contributed by atoms with Gasteiger partial charge in [0, 0.05) is 32.8 Å². The first-order chi connectivity index (χ1) is 8.15. The third-order valence-corrected chi connectivity index (χ3v) is 2.73. The molecule has 17 heavy (non-hydrogen) atoms. The molecule has 4 nitrogen and oxygen atoms in total. The summed E-state index contributed by atoms with van der Waals surface area (Å²) in [6.07, 6.45) is 2.34. The fourth-order valence-corrected chi connectivity index (χ4v) is 1.71. The van der Waals surface area contributed by atoms with Gasteiger partial charge in [0.1, 0.15) is 5.82 Å². The van der Waals surface area contributed by atoms with Crippen LogP contribution in [0.5, 0.6) is 0 Å². The van der Waals surface area contributed by atoms with Crippen LogP contribution in [-0.4, -0.2) is 36.8 Å². The summed E-state index contributed by atoms with van der Waals surface area (Å²) in [6, 6.07) is 3.61. The van der Waals surface area contributed by atoms with E-state index in [0.29, 0.717) is 36.1 Å². The Morgan fingerprint density at radius 3 is 2.94 bits per heavy atom. The monoisotopic (exact) mass is 273 g/mol. The number of pyridine rings is 1. The molecule has 2 N–H and O–H groups in total. The van der Waals surface area contributed by atoms with Gasteiger partial charge in [-0.1, -0.05) is 23.8 Å². The van der Waals surface area contributed by atoms with Crippen LogP contribution in [0.15, 0.2) is 18.3 Å². The van der Waals surface area contributed by atoms with E-state index in [4.69, 9.17) is 34.3 Å². The van der Waals surface area contributed by atoms with E-state index in [2.05, 4.69) is 4.98 Å². The normalized spacial score (nSPS) is 10.2. The Morgan fingerprint density at radius 1 is 1.59 bits per heavy atom. The van der Waals surface area contributed by atoms with E-state index in [1.807, 2.05) is 11.0 Å². The van der Waals surface area contributed by atoms with Crippen LogP contribution in [0.25, 0.3) is 0 Å². The van der Waals surface area contributed by atoms with Gasteiger partial charge in [0.05, 0.1) is 16.6 Å². The number of nitrogens with two attached hydrogens (primary N) is 1. The van der Waals surface area contributed by atoms with Gasteiger partial charge >= 0.3 is 0 Å². The molecule has 1 rings (SSSR count). The first-order valence-corrected chi connectivity index (χ1v) is 6.06. The Morgan fingerprint density at radius 2 is 2.35 bits per heavy atom. The molecule has 1 heterocycles. The highest BCUT2D eigenvalue weighted by molar-refractivity contribution is 7.80. The van der Waals surface area contributed by atoms with Crippen molar-refractivity contribution < 1.29 is 4.74 Å². The number of ether oxygens (including phenoxy) is 1. The zero-order valence-electron chi connectivity index (χ0n) is 9.73.